The molecule has 3 nitrogen and oxygen atoms in total. The lowest BCUT2D eigenvalue weighted by Gasteiger charge is -2.09. The molecule has 0 unspecified atom stereocenters. The first kappa shape index (κ1) is 12.6. The van der Waals surface area contributed by atoms with Gasteiger partial charge in [-0.05, 0) is 32.1 Å². The standard InChI is InChI=1S/C11H14FN3S/c1-8(2)14-11(16)15-13-7-9-5-3-4-6-10(9)12/h3-8H,1-2H3,(H2,14,15,16). The first-order valence-electron chi connectivity index (χ1n) is 4.93. The predicted molar refractivity (Wildman–Crippen MR) is 68.0 cm³/mol. The van der Waals surface area contributed by atoms with Crippen molar-refractivity contribution in [2.24, 2.45) is 5.10 Å². The molecular formula is C11H14FN3S. The topological polar surface area (TPSA) is 36.4 Å². The van der Waals surface area contributed by atoms with Crippen LogP contribution in [0.1, 0.15) is 19.4 Å². The summed E-state index contributed by atoms with van der Waals surface area (Å²) < 4.78 is 13.2. The average molecular weight is 239 g/mol. The number of nitrogens with zero attached hydrogens (tertiary/aromatic N) is 1. The lowest BCUT2D eigenvalue weighted by molar-refractivity contribution is 0.625. The van der Waals surface area contributed by atoms with Gasteiger partial charge in [-0.3, -0.25) is 5.43 Å². The highest BCUT2D eigenvalue weighted by Gasteiger charge is 1.97. The summed E-state index contributed by atoms with van der Waals surface area (Å²) in [4.78, 5) is 0. The quantitative estimate of drug-likeness (QED) is 0.481. The summed E-state index contributed by atoms with van der Waals surface area (Å²) in [7, 11) is 0. The zero-order chi connectivity index (χ0) is 12.0. The monoisotopic (exact) mass is 239 g/mol. The number of nitrogens with one attached hydrogen (secondary N) is 2. The number of halogens is 1. The Hall–Kier alpha value is -1.49. The summed E-state index contributed by atoms with van der Waals surface area (Å²) in [6.45, 7) is 3.93. The lowest BCUT2D eigenvalue weighted by atomic mass is 10.2. The van der Waals surface area contributed by atoms with Gasteiger partial charge < -0.3 is 5.32 Å². The maximum absolute atomic E-state index is 13.2. The summed E-state index contributed by atoms with van der Waals surface area (Å²) in [5, 5.41) is 7.21. The lowest BCUT2D eigenvalue weighted by Crippen LogP contribution is -2.36. The number of benzene rings is 1. The van der Waals surface area contributed by atoms with Crippen molar-refractivity contribution >= 4 is 23.5 Å². The maximum atomic E-state index is 13.2. The third-order valence-electron chi connectivity index (χ3n) is 1.69. The SMILES string of the molecule is CC(C)NC(=S)NN=Cc1ccccc1F. The molecule has 16 heavy (non-hydrogen) atoms. The number of hydrazone groups is 1. The third-order valence-corrected chi connectivity index (χ3v) is 1.90. The fourth-order valence-corrected chi connectivity index (χ4v) is 1.32. The smallest absolute Gasteiger partial charge is 0.187 e. The minimum atomic E-state index is -0.309. The normalized spacial score (nSPS) is 10.8. The van der Waals surface area contributed by atoms with Gasteiger partial charge in [-0.15, -0.1) is 0 Å². The van der Waals surface area contributed by atoms with E-state index in [1.165, 1.54) is 12.3 Å². The highest BCUT2D eigenvalue weighted by Crippen LogP contribution is 2.02. The van der Waals surface area contributed by atoms with Crippen molar-refractivity contribution in [3.63, 3.8) is 0 Å². The molecule has 0 heterocycles. The molecule has 0 saturated heterocycles. The van der Waals surface area contributed by atoms with Crippen LogP contribution in [-0.2, 0) is 0 Å². The fourth-order valence-electron chi connectivity index (χ4n) is 1.03. The molecule has 0 spiro atoms. The van der Waals surface area contributed by atoms with Gasteiger partial charge in [-0.25, -0.2) is 4.39 Å². The number of hydrogen-bond acceptors (Lipinski definition) is 2. The third kappa shape index (κ3) is 4.35. The van der Waals surface area contributed by atoms with Gasteiger partial charge in [0.1, 0.15) is 5.82 Å². The van der Waals surface area contributed by atoms with Gasteiger partial charge >= 0.3 is 0 Å². The van der Waals surface area contributed by atoms with Gasteiger partial charge in [0.2, 0.25) is 0 Å². The largest absolute Gasteiger partial charge is 0.359 e. The molecule has 0 saturated carbocycles. The summed E-state index contributed by atoms with van der Waals surface area (Å²) in [6.07, 6.45) is 1.39. The molecule has 0 bridgehead atoms. The van der Waals surface area contributed by atoms with E-state index in [0.717, 1.165) is 0 Å². The van der Waals surface area contributed by atoms with Crippen LogP contribution in [0.4, 0.5) is 4.39 Å². The molecule has 0 atom stereocenters. The van der Waals surface area contributed by atoms with Gasteiger partial charge in [0.15, 0.2) is 5.11 Å². The van der Waals surface area contributed by atoms with Gasteiger partial charge in [0.05, 0.1) is 6.21 Å². The minimum Gasteiger partial charge on any atom is -0.359 e. The van der Waals surface area contributed by atoms with E-state index in [1.807, 2.05) is 13.8 Å². The molecule has 0 amide bonds. The van der Waals surface area contributed by atoms with E-state index < -0.39 is 0 Å². The van der Waals surface area contributed by atoms with Crippen molar-refractivity contribution < 1.29 is 4.39 Å². The van der Waals surface area contributed by atoms with E-state index in [4.69, 9.17) is 12.2 Å². The van der Waals surface area contributed by atoms with E-state index in [9.17, 15) is 4.39 Å². The van der Waals surface area contributed by atoms with Crippen molar-refractivity contribution in [1.82, 2.24) is 10.7 Å². The molecule has 2 N–H and O–H groups in total. The minimum absolute atomic E-state index is 0.240. The second-order valence-electron chi connectivity index (χ2n) is 3.52. The van der Waals surface area contributed by atoms with Gasteiger partial charge in [-0.1, -0.05) is 18.2 Å². The van der Waals surface area contributed by atoms with Crippen molar-refractivity contribution in [1.29, 1.82) is 0 Å². The van der Waals surface area contributed by atoms with E-state index >= 15 is 0 Å². The highest BCUT2D eigenvalue weighted by atomic mass is 32.1. The van der Waals surface area contributed by atoms with Crippen LogP contribution in [0.15, 0.2) is 29.4 Å². The van der Waals surface area contributed by atoms with Crippen LogP contribution in [0.3, 0.4) is 0 Å². The first-order chi connectivity index (χ1) is 7.59. The van der Waals surface area contributed by atoms with Crippen LogP contribution in [0.2, 0.25) is 0 Å². The van der Waals surface area contributed by atoms with E-state index in [2.05, 4.69) is 15.8 Å². The molecule has 1 aromatic carbocycles. The Morgan fingerprint density at radius 1 is 1.44 bits per heavy atom. The van der Waals surface area contributed by atoms with Crippen molar-refractivity contribution in [3.8, 4) is 0 Å². The molecule has 0 aliphatic rings. The number of thiocarbonyl (C=S) groups is 1. The summed E-state index contributed by atoms with van der Waals surface area (Å²) in [5.74, 6) is -0.309. The Balaban J connectivity index is 2.49. The average Bonchev–Trinajstić information content (AvgIpc) is 2.19. The molecule has 86 valence electrons. The van der Waals surface area contributed by atoms with Crippen molar-refractivity contribution in [2.45, 2.75) is 19.9 Å². The van der Waals surface area contributed by atoms with Gasteiger partial charge in [0.25, 0.3) is 0 Å². The van der Waals surface area contributed by atoms with Crippen LogP contribution in [-0.4, -0.2) is 17.4 Å². The second-order valence-corrected chi connectivity index (χ2v) is 3.93. The Bertz CT molecular complexity index is 391. The summed E-state index contributed by atoms with van der Waals surface area (Å²) in [5.41, 5.74) is 3.03. The van der Waals surface area contributed by atoms with Crippen LogP contribution >= 0.6 is 12.2 Å². The summed E-state index contributed by atoms with van der Waals surface area (Å²) in [6, 6.07) is 6.63. The van der Waals surface area contributed by atoms with Crippen molar-refractivity contribution in [3.05, 3.63) is 35.6 Å². The Morgan fingerprint density at radius 3 is 2.75 bits per heavy atom. The van der Waals surface area contributed by atoms with Crippen LogP contribution < -0.4 is 10.7 Å². The maximum Gasteiger partial charge on any atom is 0.187 e. The zero-order valence-corrected chi connectivity index (χ0v) is 10.0. The van der Waals surface area contributed by atoms with Gasteiger partial charge in [-0.2, -0.15) is 5.10 Å². The Kier molecular flexibility index (Phi) is 4.85. The Labute approximate surface area is 99.7 Å². The van der Waals surface area contributed by atoms with Crippen LogP contribution in [0.25, 0.3) is 0 Å². The Morgan fingerprint density at radius 2 is 2.12 bits per heavy atom. The molecule has 1 rings (SSSR count). The highest BCUT2D eigenvalue weighted by molar-refractivity contribution is 7.80. The van der Waals surface area contributed by atoms with Crippen LogP contribution in [0, 0.1) is 5.82 Å². The molecule has 0 aliphatic heterocycles. The predicted octanol–water partition coefficient (Wildman–Crippen LogP) is 2.03. The van der Waals surface area contributed by atoms with Crippen molar-refractivity contribution in [2.75, 3.05) is 0 Å². The summed E-state index contributed by atoms with van der Waals surface area (Å²) >= 11 is 4.95. The first-order valence-corrected chi connectivity index (χ1v) is 5.34. The molecule has 0 radical (unpaired) electrons. The molecule has 1 aromatic rings. The molecular weight excluding hydrogens is 225 g/mol. The van der Waals surface area contributed by atoms with Crippen LogP contribution in [0.5, 0.6) is 0 Å². The fraction of sp³-hybridized carbons (Fsp3) is 0.273. The molecule has 5 heteroatoms. The second kappa shape index (κ2) is 6.17. The van der Waals surface area contributed by atoms with E-state index in [0.29, 0.717) is 10.7 Å². The number of rotatable bonds is 3. The van der Waals surface area contributed by atoms with Gasteiger partial charge in [0, 0.05) is 11.6 Å². The zero-order valence-electron chi connectivity index (χ0n) is 9.20. The van der Waals surface area contributed by atoms with E-state index in [1.54, 1.807) is 18.2 Å². The van der Waals surface area contributed by atoms with E-state index in [-0.39, 0.29) is 11.9 Å². The number of hydrogen-bond donors (Lipinski definition) is 2. The molecule has 0 fully saturated rings. The molecule has 0 aliphatic carbocycles. The molecule has 0 aromatic heterocycles.